The van der Waals surface area contributed by atoms with E-state index in [1.54, 1.807) is 11.0 Å². The highest BCUT2D eigenvalue weighted by Crippen LogP contribution is 2.40. The molecule has 0 radical (unpaired) electrons. The molecule has 1 saturated carbocycles. The summed E-state index contributed by atoms with van der Waals surface area (Å²) in [6, 6.07) is 12.9. The van der Waals surface area contributed by atoms with Crippen LogP contribution in [0.1, 0.15) is 47.3 Å². The number of pyridine rings is 1. The van der Waals surface area contributed by atoms with Crippen LogP contribution in [0.25, 0.3) is 0 Å². The van der Waals surface area contributed by atoms with Crippen molar-refractivity contribution in [1.82, 2.24) is 4.98 Å². The first-order chi connectivity index (χ1) is 13.6. The van der Waals surface area contributed by atoms with Crippen molar-refractivity contribution in [3.05, 3.63) is 53.2 Å². The molecule has 3 rings (SSSR count). The normalized spacial score (nSPS) is 12.9. The van der Waals surface area contributed by atoms with Crippen LogP contribution >= 0.6 is 11.8 Å². The van der Waals surface area contributed by atoms with Gasteiger partial charge in [-0.2, -0.15) is 5.26 Å². The molecule has 1 amide bonds. The predicted molar refractivity (Wildman–Crippen MR) is 107 cm³/mol. The first kappa shape index (κ1) is 19.9. The van der Waals surface area contributed by atoms with Gasteiger partial charge in [-0.05, 0) is 44.2 Å². The second-order valence-corrected chi connectivity index (χ2v) is 7.21. The van der Waals surface area contributed by atoms with Crippen molar-refractivity contribution in [1.29, 1.82) is 5.26 Å². The number of rotatable bonds is 7. The summed E-state index contributed by atoms with van der Waals surface area (Å²) in [6.07, 6.45) is 3.88. The zero-order chi connectivity index (χ0) is 20.1. The van der Waals surface area contributed by atoms with Gasteiger partial charge in [-0.25, -0.2) is 9.78 Å². The van der Waals surface area contributed by atoms with Gasteiger partial charge in [-0.3, -0.25) is 4.79 Å². The van der Waals surface area contributed by atoms with Crippen LogP contribution in [0.3, 0.4) is 0 Å². The molecular weight excluding hydrogens is 374 g/mol. The fourth-order valence-corrected chi connectivity index (χ4v) is 3.50. The van der Waals surface area contributed by atoms with Gasteiger partial charge in [0.2, 0.25) is 0 Å². The molecule has 0 unspecified atom stereocenters. The van der Waals surface area contributed by atoms with Gasteiger partial charge in [0, 0.05) is 23.8 Å². The van der Waals surface area contributed by atoms with E-state index in [4.69, 9.17) is 4.74 Å². The van der Waals surface area contributed by atoms with E-state index in [1.165, 1.54) is 11.8 Å². The highest BCUT2D eigenvalue weighted by molar-refractivity contribution is 7.98. The molecule has 1 aliphatic rings. The predicted octanol–water partition coefficient (Wildman–Crippen LogP) is 3.76. The number of hydrogen-bond acceptors (Lipinski definition) is 6. The van der Waals surface area contributed by atoms with Gasteiger partial charge < -0.3 is 9.64 Å². The number of carbonyl (C=O) groups is 2. The van der Waals surface area contributed by atoms with Gasteiger partial charge in [0.25, 0.3) is 5.91 Å². The number of hydrogen-bond donors (Lipinski definition) is 0. The molecule has 1 aliphatic carbocycles. The quantitative estimate of drug-likeness (QED) is 0.524. The smallest absolute Gasteiger partial charge is 0.340 e. The molecule has 28 heavy (non-hydrogen) atoms. The summed E-state index contributed by atoms with van der Waals surface area (Å²) < 4.78 is 5.27. The Labute approximate surface area is 168 Å². The lowest BCUT2D eigenvalue weighted by atomic mass is 10.1. The Morgan fingerprint density at radius 1 is 1.32 bits per heavy atom. The first-order valence-corrected chi connectivity index (χ1v) is 10.3. The average molecular weight is 395 g/mol. The van der Waals surface area contributed by atoms with Crippen LogP contribution in [-0.4, -0.2) is 36.3 Å². The largest absolute Gasteiger partial charge is 0.452 e. The van der Waals surface area contributed by atoms with Crippen LogP contribution in [0.4, 0.5) is 5.69 Å². The zero-order valence-electron chi connectivity index (χ0n) is 15.8. The van der Waals surface area contributed by atoms with Gasteiger partial charge in [0.1, 0.15) is 11.1 Å². The van der Waals surface area contributed by atoms with Gasteiger partial charge in [0.05, 0.1) is 11.1 Å². The first-order valence-electron chi connectivity index (χ1n) is 9.10. The third kappa shape index (κ3) is 4.34. The topological polar surface area (TPSA) is 83.3 Å². The van der Waals surface area contributed by atoms with Crippen LogP contribution in [0.15, 0.2) is 41.4 Å². The Hall–Kier alpha value is -2.85. The zero-order valence-corrected chi connectivity index (χ0v) is 16.7. The van der Waals surface area contributed by atoms with Crippen molar-refractivity contribution >= 4 is 29.3 Å². The number of aromatic nitrogens is 1. The number of nitriles is 1. The summed E-state index contributed by atoms with van der Waals surface area (Å²) >= 11 is 1.32. The Kier molecular flexibility index (Phi) is 6.32. The summed E-state index contributed by atoms with van der Waals surface area (Å²) in [7, 11) is 0. The molecule has 1 fully saturated rings. The Morgan fingerprint density at radius 2 is 2.04 bits per heavy atom. The van der Waals surface area contributed by atoms with E-state index in [-0.39, 0.29) is 23.6 Å². The van der Waals surface area contributed by atoms with E-state index in [1.807, 2.05) is 43.5 Å². The third-order valence-electron chi connectivity index (χ3n) is 4.54. The summed E-state index contributed by atoms with van der Waals surface area (Å²) in [6.45, 7) is 1.93. The van der Waals surface area contributed by atoms with E-state index in [0.29, 0.717) is 17.5 Å². The lowest BCUT2D eigenvalue weighted by molar-refractivity contribution is -0.121. The number of para-hydroxylation sites is 1. The van der Waals surface area contributed by atoms with Crippen molar-refractivity contribution in [3.63, 3.8) is 0 Å². The Bertz CT molecular complexity index is 920. The number of carbonyl (C=O) groups excluding carboxylic acids is 2. The molecule has 2 aromatic rings. The molecule has 0 spiro atoms. The van der Waals surface area contributed by atoms with Crippen LogP contribution in [-0.2, 0) is 9.53 Å². The van der Waals surface area contributed by atoms with Crippen LogP contribution in [0, 0.1) is 11.3 Å². The van der Waals surface area contributed by atoms with Crippen molar-refractivity contribution < 1.29 is 14.3 Å². The number of amides is 1. The third-order valence-corrected chi connectivity index (χ3v) is 5.22. The van der Waals surface area contributed by atoms with Crippen molar-refractivity contribution in [2.24, 2.45) is 0 Å². The number of ether oxygens (including phenoxy) is 1. The van der Waals surface area contributed by atoms with Gasteiger partial charge in [0.15, 0.2) is 6.61 Å². The molecule has 1 aromatic carbocycles. The molecule has 0 N–H and O–H groups in total. The highest BCUT2D eigenvalue weighted by atomic mass is 32.2. The number of esters is 1. The second-order valence-electron chi connectivity index (χ2n) is 6.41. The minimum Gasteiger partial charge on any atom is -0.452 e. The second kappa shape index (κ2) is 8.89. The highest BCUT2D eigenvalue weighted by Gasteiger charge is 2.29. The van der Waals surface area contributed by atoms with Crippen LogP contribution < -0.4 is 4.90 Å². The fraction of sp³-hybridized carbons (Fsp3) is 0.333. The summed E-state index contributed by atoms with van der Waals surface area (Å²) in [5, 5.41) is 10.0. The molecular formula is C21H21N3O3S. The molecule has 6 nitrogen and oxygen atoms in total. The summed E-state index contributed by atoms with van der Waals surface area (Å²) in [4.78, 5) is 31.2. The maximum absolute atomic E-state index is 12.7. The minimum atomic E-state index is -0.673. The van der Waals surface area contributed by atoms with Gasteiger partial charge >= 0.3 is 5.97 Å². The lowest BCUT2D eigenvalue weighted by Crippen LogP contribution is -2.34. The Morgan fingerprint density at radius 3 is 2.61 bits per heavy atom. The number of likely N-dealkylation sites (N-methyl/N-ethyl adjacent to an activating group) is 1. The molecule has 1 aromatic heterocycles. The fourth-order valence-electron chi connectivity index (χ4n) is 2.94. The van der Waals surface area contributed by atoms with Gasteiger partial charge in [-0.1, -0.05) is 18.2 Å². The van der Waals surface area contributed by atoms with Crippen molar-refractivity contribution in [3.8, 4) is 6.07 Å². The SMILES string of the molecule is CCN(C(=O)COC(=O)c1cc(C2CC2)nc(SC)c1C#N)c1ccccc1. The molecule has 0 saturated heterocycles. The van der Waals surface area contributed by atoms with Crippen molar-refractivity contribution in [2.75, 3.05) is 24.3 Å². The molecule has 1 heterocycles. The minimum absolute atomic E-state index is 0.180. The molecule has 7 heteroatoms. The van der Waals surface area contributed by atoms with E-state index in [9.17, 15) is 14.9 Å². The number of nitrogens with zero attached hydrogens (tertiary/aromatic N) is 3. The van der Waals surface area contributed by atoms with Crippen molar-refractivity contribution in [2.45, 2.75) is 30.7 Å². The van der Waals surface area contributed by atoms with E-state index >= 15 is 0 Å². The maximum Gasteiger partial charge on any atom is 0.340 e. The maximum atomic E-state index is 12.7. The summed E-state index contributed by atoms with van der Waals surface area (Å²) in [5.74, 6) is -0.656. The number of benzene rings is 1. The lowest BCUT2D eigenvalue weighted by Gasteiger charge is -2.21. The standard InChI is InChI=1S/C21H21N3O3S/c1-3-24(15-7-5-4-6-8-15)19(25)13-27-21(26)16-11-18(14-9-10-14)23-20(28-2)17(16)12-22/h4-8,11,14H,3,9-10,13H2,1-2H3. The van der Waals surface area contributed by atoms with Gasteiger partial charge in [-0.15, -0.1) is 11.8 Å². The molecule has 0 atom stereocenters. The van der Waals surface area contributed by atoms with E-state index in [2.05, 4.69) is 11.1 Å². The van der Waals surface area contributed by atoms with Crippen LogP contribution in [0.5, 0.6) is 0 Å². The average Bonchev–Trinajstić information content (AvgIpc) is 3.57. The molecule has 0 bridgehead atoms. The molecule has 0 aliphatic heterocycles. The number of anilines is 1. The monoisotopic (exact) mass is 395 g/mol. The number of thioether (sulfide) groups is 1. The molecule has 144 valence electrons. The van der Waals surface area contributed by atoms with E-state index < -0.39 is 5.97 Å². The summed E-state index contributed by atoms with van der Waals surface area (Å²) in [5.41, 5.74) is 1.93. The van der Waals surface area contributed by atoms with Crippen LogP contribution in [0.2, 0.25) is 0 Å². The Balaban J connectivity index is 1.76. The van der Waals surface area contributed by atoms with E-state index in [0.717, 1.165) is 24.2 Å².